The van der Waals surface area contributed by atoms with E-state index in [0.717, 1.165) is 71.0 Å². The van der Waals surface area contributed by atoms with Gasteiger partial charge in [0.05, 0.1) is 12.6 Å². The minimum atomic E-state index is -0.262. The maximum atomic E-state index is 12.9. The van der Waals surface area contributed by atoms with Gasteiger partial charge < -0.3 is 19.9 Å². The zero-order valence-electron chi connectivity index (χ0n) is 18.9. The van der Waals surface area contributed by atoms with Gasteiger partial charge in [0.15, 0.2) is 5.96 Å². The smallest absolute Gasteiger partial charge is 0.239 e. The van der Waals surface area contributed by atoms with Gasteiger partial charge >= 0.3 is 0 Å². The molecule has 2 heterocycles. The Bertz CT molecular complexity index is 713. The fraction of sp³-hybridized carbons (Fsp3) is 0.652. The van der Waals surface area contributed by atoms with Gasteiger partial charge in [-0.05, 0) is 51.0 Å². The van der Waals surface area contributed by atoms with Crippen LogP contribution in [0.5, 0.6) is 5.75 Å². The van der Waals surface area contributed by atoms with E-state index < -0.39 is 0 Å². The summed E-state index contributed by atoms with van der Waals surface area (Å²) in [6.45, 7) is 11.4. The molecule has 0 spiro atoms. The third-order valence-corrected chi connectivity index (χ3v) is 5.92. The van der Waals surface area contributed by atoms with Crippen LogP contribution in [0, 0.1) is 5.82 Å². The highest BCUT2D eigenvalue weighted by atomic mass is 19.1. The average molecular weight is 434 g/mol. The second-order valence-corrected chi connectivity index (χ2v) is 8.12. The van der Waals surface area contributed by atoms with Gasteiger partial charge in [0.1, 0.15) is 11.6 Å². The largest absolute Gasteiger partial charge is 0.494 e. The molecule has 2 saturated heterocycles. The number of aliphatic imine (C=N–C) groups is 1. The number of hydrogen-bond donors (Lipinski definition) is 1. The van der Waals surface area contributed by atoms with Gasteiger partial charge in [-0.15, -0.1) is 0 Å². The van der Waals surface area contributed by atoms with Crippen LogP contribution in [0.1, 0.15) is 33.1 Å². The van der Waals surface area contributed by atoms with Crippen LogP contribution in [0.3, 0.4) is 0 Å². The van der Waals surface area contributed by atoms with Gasteiger partial charge in [-0.2, -0.15) is 0 Å². The number of carbonyl (C=O) groups is 1. The van der Waals surface area contributed by atoms with Gasteiger partial charge in [0.2, 0.25) is 5.91 Å². The Balaban J connectivity index is 1.42. The summed E-state index contributed by atoms with van der Waals surface area (Å²) in [6.07, 6.45) is 3.04. The number of nitrogens with one attached hydrogen (secondary N) is 1. The Morgan fingerprint density at radius 3 is 2.42 bits per heavy atom. The molecule has 0 aromatic heterocycles. The summed E-state index contributed by atoms with van der Waals surface area (Å²) >= 11 is 0. The molecule has 3 rings (SSSR count). The van der Waals surface area contributed by atoms with Crippen molar-refractivity contribution in [1.82, 2.24) is 20.0 Å². The number of carbonyl (C=O) groups excluding carboxylic acids is 1. The van der Waals surface area contributed by atoms with E-state index in [9.17, 15) is 9.18 Å². The second kappa shape index (κ2) is 11.9. The number of hydrogen-bond acceptors (Lipinski definition) is 4. The predicted octanol–water partition coefficient (Wildman–Crippen LogP) is 2.19. The summed E-state index contributed by atoms with van der Waals surface area (Å²) in [6, 6.07) is 6.02. The van der Waals surface area contributed by atoms with Gasteiger partial charge in [0.25, 0.3) is 0 Å². The minimum Gasteiger partial charge on any atom is -0.494 e. The van der Waals surface area contributed by atoms with E-state index in [0.29, 0.717) is 18.9 Å². The van der Waals surface area contributed by atoms with Crippen LogP contribution in [0.15, 0.2) is 29.3 Å². The third kappa shape index (κ3) is 6.82. The van der Waals surface area contributed by atoms with E-state index in [1.807, 2.05) is 11.8 Å². The summed E-state index contributed by atoms with van der Waals surface area (Å²) in [5.41, 5.74) is 0. The molecular weight excluding hydrogens is 397 g/mol. The molecule has 2 aliphatic heterocycles. The lowest BCUT2D eigenvalue weighted by molar-refractivity contribution is -0.135. The Labute approximate surface area is 185 Å². The molecule has 1 unspecified atom stereocenters. The standard InChI is InChI=1S/C23H36FN5O2/c1-3-25-23(26-11-6-18-31-21-9-7-20(24)8-10-21)29-16-14-27(15-17-29)19(2)22(30)28-12-4-5-13-28/h7-10,19H,3-6,11-18H2,1-2H3,(H,25,26). The number of nitrogens with zero attached hydrogens (tertiary/aromatic N) is 4. The fourth-order valence-electron chi connectivity index (χ4n) is 4.08. The Morgan fingerprint density at radius 2 is 1.77 bits per heavy atom. The number of halogens is 1. The van der Waals surface area contributed by atoms with Crippen LogP contribution >= 0.6 is 0 Å². The molecule has 0 radical (unpaired) electrons. The lowest BCUT2D eigenvalue weighted by atomic mass is 10.2. The molecule has 0 aliphatic carbocycles. The van der Waals surface area contributed by atoms with Gasteiger partial charge in [-0.3, -0.25) is 14.7 Å². The lowest BCUT2D eigenvalue weighted by Crippen LogP contribution is -2.57. The Hall–Kier alpha value is -2.35. The van der Waals surface area contributed by atoms with Gasteiger partial charge in [0, 0.05) is 58.8 Å². The van der Waals surface area contributed by atoms with Crippen LogP contribution in [0.4, 0.5) is 4.39 Å². The third-order valence-electron chi connectivity index (χ3n) is 5.92. The first-order valence-electron chi connectivity index (χ1n) is 11.5. The first kappa shape index (κ1) is 23.3. The summed E-state index contributed by atoms with van der Waals surface area (Å²) in [7, 11) is 0. The van der Waals surface area contributed by atoms with Crippen LogP contribution < -0.4 is 10.1 Å². The quantitative estimate of drug-likeness (QED) is 0.387. The zero-order valence-corrected chi connectivity index (χ0v) is 18.9. The second-order valence-electron chi connectivity index (χ2n) is 8.12. The van der Waals surface area contributed by atoms with Crippen molar-refractivity contribution in [1.29, 1.82) is 0 Å². The number of amides is 1. The summed E-state index contributed by atoms with van der Waals surface area (Å²) in [5, 5.41) is 3.38. The van der Waals surface area contributed by atoms with Crippen LogP contribution in [-0.2, 0) is 4.79 Å². The monoisotopic (exact) mass is 433 g/mol. The lowest BCUT2D eigenvalue weighted by Gasteiger charge is -2.39. The highest BCUT2D eigenvalue weighted by Gasteiger charge is 2.30. The van der Waals surface area contributed by atoms with Crippen molar-refractivity contribution in [3.05, 3.63) is 30.1 Å². The van der Waals surface area contributed by atoms with Crippen LogP contribution in [0.25, 0.3) is 0 Å². The molecule has 1 atom stereocenters. The van der Waals surface area contributed by atoms with Crippen molar-refractivity contribution >= 4 is 11.9 Å². The molecule has 2 aliphatic rings. The molecule has 172 valence electrons. The van der Waals surface area contributed by atoms with E-state index in [4.69, 9.17) is 9.73 Å². The topological polar surface area (TPSA) is 60.4 Å². The minimum absolute atomic E-state index is 0.0524. The maximum Gasteiger partial charge on any atom is 0.239 e. The van der Waals surface area contributed by atoms with Gasteiger partial charge in [-0.1, -0.05) is 0 Å². The molecule has 1 aromatic rings. The number of likely N-dealkylation sites (tertiary alicyclic amines) is 1. The fourth-order valence-corrected chi connectivity index (χ4v) is 4.08. The molecular formula is C23H36FN5O2. The summed E-state index contributed by atoms with van der Waals surface area (Å²) in [4.78, 5) is 24.0. The molecule has 2 fully saturated rings. The number of rotatable bonds is 8. The predicted molar refractivity (Wildman–Crippen MR) is 121 cm³/mol. The highest BCUT2D eigenvalue weighted by Crippen LogP contribution is 2.14. The molecule has 1 amide bonds. The van der Waals surface area contributed by atoms with E-state index >= 15 is 0 Å². The zero-order chi connectivity index (χ0) is 22.1. The molecule has 7 nitrogen and oxygen atoms in total. The molecule has 31 heavy (non-hydrogen) atoms. The van der Waals surface area contributed by atoms with Gasteiger partial charge in [-0.25, -0.2) is 4.39 Å². The molecule has 1 aromatic carbocycles. The highest BCUT2D eigenvalue weighted by molar-refractivity contribution is 5.82. The van der Waals surface area contributed by atoms with Crippen molar-refractivity contribution in [2.75, 3.05) is 59.0 Å². The van der Waals surface area contributed by atoms with Crippen LogP contribution in [-0.4, -0.2) is 91.6 Å². The molecule has 1 N–H and O–H groups in total. The SMILES string of the molecule is CCNC(=NCCCOc1ccc(F)cc1)N1CCN(C(C)C(=O)N2CCCC2)CC1. The van der Waals surface area contributed by atoms with E-state index in [-0.39, 0.29) is 17.8 Å². The number of ether oxygens (including phenoxy) is 1. The van der Waals surface area contributed by atoms with E-state index in [1.165, 1.54) is 12.1 Å². The molecule has 0 bridgehead atoms. The first-order chi connectivity index (χ1) is 15.1. The van der Waals surface area contributed by atoms with Crippen molar-refractivity contribution < 1.29 is 13.9 Å². The number of piperazine rings is 1. The normalized spacial score (nSPS) is 18.9. The van der Waals surface area contributed by atoms with Crippen molar-refractivity contribution in [3.63, 3.8) is 0 Å². The van der Waals surface area contributed by atoms with Crippen molar-refractivity contribution in [2.45, 2.75) is 39.2 Å². The van der Waals surface area contributed by atoms with E-state index in [1.54, 1.807) is 12.1 Å². The molecule has 8 heteroatoms. The summed E-state index contributed by atoms with van der Waals surface area (Å²) in [5.74, 6) is 1.60. The average Bonchev–Trinajstić information content (AvgIpc) is 3.33. The van der Waals surface area contributed by atoms with E-state index in [2.05, 4.69) is 22.0 Å². The Kier molecular flexibility index (Phi) is 8.94. The maximum absolute atomic E-state index is 12.9. The first-order valence-corrected chi connectivity index (χ1v) is 11.5. The number of benzene rings is 1. The van der Waals surface area contributed by atoms with Crippen molar-refractivity contribution in [3.8, 4) is 5.75 Å². The molecule has 0 saturated carbocycles. The van der Waals surface area contributed by atoms with Crippen molar-refractivity contribution in [2.24, 2.45) is 4.99 Å². The Morgan fingerprint density at radius 1 is 1.10 bits per heavy atom. The summed E-state index contributed by atoms with van der Waals surface area (Å²) < 4.78 is 18.6. The number of guanidine groups is 1. The van der Waals surface area contributed by atoms with Crippen LogP contribution in [0.2, 0.25) is 0 Å².